The molecule has 5 nitrogen and oxygen atoms in total. The van der Waals surface area contributed by atoms with Gasteiger partial charge in [0.1, 0.15) is 5.69 Å². The van der Waals surface area contributed by atoms with Crippen molar-refractivity contribution in [2.75, 3.05) is 0 Å². The molecule has 0 aromatic carbocycles. The number of nitrogens with zero attached hydrogens (tertiary/aromatic N) is 3. The van der Waals surface area contributed by atoms with Crippen molar-refractivity contribution in [2.45, 2.75) is 0 Å². The molecule has 0 atom stereocenters. The Morgan fingerprint density at radius 1 is 1.56 bits per heavy atom. The fourth-order valence-corrected chi connectivity index (χ4v) is 1.60. The van der Waals surface area contributed by atoms with E-state index in [1.165, 1.54) is 16.9 Å². The smallest absolute Gasteiger partial charge is 0.354 e. The fourth-order valence-electron chi connectivity index (χ4n) is 1.38. The molecule has 16 heavy (non-hydrogen) atoms. The van der Waals surface area contributed by atoms with Crippen LogP contribution in [0.1, 0.15) is 10.5 Å². The van der Waals surface area contributed by atoms with E-state index >= 15 is 0 Å². The third-order valence-electron chi connectivity index (χ3n) is 2.15. The van der Waals surface area contributed by atoms with Gasteiger partial charge in [-0.2, -0.15) is 5.10 Å². The molecular weight excluding hydrogens is 230 g/mol. The van der Waals surface area contributed by atoms with E-state index in [-0.39, 0.29) is 5.69 Å². The highest BCUT2D eigenvalue weighted by Crippen LogP contribution is 2.25. The highest BCUT2D eigenvalue weighted by molar-refractivity contribution is 6.33. The molecule has 1 N–H and O–H groups in total. The number of carboxylic acids is 1. The number of rotatable bonds is 2. The minimum absolute atomic E-state index is 0.114. The third-order valence-corrected chi connectivity index (χ3v) is 2.45. The maximum atomic E-state index is 10.8. The van der Waals surface area contributed by atoms with E-state index < -0.39 is 5.97 Å². The van der Waals surface area contributed by atoms with Crippen LogP contribution >= 0.6 is 11.6 Å². The number of aromatic nitrogens is 3. The molecule has 0 aliphatic carbocycles. The van der Waals surface area contributed by atoms with Crippen LogP contribution in [0.3, 0.4) is 0 Å². The van der Waals surface area contributed by atoms with E-state index in [0.717, 1.165) is 0 Å². The van der Waals surface area contributed by atoms with Gasteiger partial charge >= 0.3 is 5.97 Å². The zero-order valence-corrected chi connectivity index (χ0v) is 9.14. The second-order valence-corrected chi connectivity index (χ2v) is 3.61. The van der Waals surface area contributed by atoms with E-state index in [0.29, 0.717) is 16.3 Å². The van der Waals surface area contributed by atoms with Gasteiger partial charge in [0.05, 0.1) is 10.7 Å². The Morgan fingerprint density at radius 3 is 2.88 bits per heavy atom. The third kappa shape index (κ3) is 1.77. The molecule has 2 aromatic heterocycles. The molecule has 0 spiro atoms. The van der Waals surface area contributed by atoms with Gasteiger partial charge in [-0.25, -0.2) is 4.79 Å². The van der Waals surface area contributed by atoms with E-state index in [1.807, 2.05) is 0 Å². The van der Waals surface area contributed by atoms with Gasteiger partial charge in [0, 0.05) is 25.0 Å². The lowest BCUT2D eigenvalue weighted by Crippen LogP contribution is -2.04. The van der Waals surface area contributed by atoms with Crippen molar-refractivity contribution in [1.29, 1.82) is 0 Å². The summed E-state index contributed by atoms with van der Waals surface area (Å²) < 4.78 is 1.30. The van der Waals surface area contributed by atoms with Crippen LogP contribution in [0.2, 0.25) is 5.02 Å². The summed E-state index contributed by atoms with van der Waals surface area (Å²) in [5.74, 6) is -1.02. The van der Waals surface area contributed by atoms with Crippen LogP contribution < -0.4 is 0 Å². The van der Waals surface area contributed by atoms with Gasteiger partial charge < -0.3 is 5.11 Å². The van der Waals surface area contributed by atoms with E-state index in [2.05, 4.69) is 10.1 Å². The Bertz CT molecular complexity index is 551. The summed E-state index contributed by atoms with van der Waals surface area (Å²) in [5.41, 5.74) is 1.30. The lowest BCUT2D eigenvalue weighted by Gasteiger charge is -1.97. The van der Waals surface area contributed by atoms with Crippen LogP contribution in [0.15, 0.2) is 24.5 Å². The SMILES string of the molecule is Cn1nc(-c2ccncc2Cl)cc1C(=O)O. The number of hydrogen-bond acceptors (Lipinski definition) is 3. The van der Waals surface area contributed by atoms with E-state index in [4.69, 9.17) is 16.7 Å². The number of carboxylic acid groups (broad SMARTS) is 1. The van der Waals surface area contributed by atoms with Crippen molar-refractivity contribution in [3.05, 3.63) is 35.2 Å². The van der Waals surface area contributed by atoms with Gasteiger partial charge in [-0.05, 0) is 12.1 Å². The molecule has 0 unspecified atom stereocenters. The predicted molar refractivity (Wildman–Crippen MR) is 58.4 cm³/mol. The Kier molecular flexibility index (Phi) is 2.62. The summed E-state index contributed by atoms with van der Waals surface area (Å²) in [6.45, 7) is 0. The van der Waals surface area contributed by atoms with E-state index in [1.54, 1.807) is 19.3 Å². The van der Waals surface area contributed by atoms with Crippen LogP contribution in [0, 0.1) is 0 Å². The van der Waals surface area contributed by atoms with Crippen molar-refractivity contribution in [1.82, 2.24) is 14.8 Å². The molecule has 2 aromatic rings. The van der Waals surface area contributed by atoms with Crippen LogP contribution in [0.5, 0.6) is 0 Å². The Hall–Kier alpha value is -1.88. The Morgan fingerprint density at radius 2 is 2.31 bits per heavy atom. The van der Waals surface area contributed by atoms with Gasteiger partial charge in [0.25, 0.3) is 0 Å². The maximum Gasteiger partial charge on any atom is 0.354 e. The molecule has 0 aliphatic rings. The molecule has 0 amide bonds. The number of halogens is 1. The number of aromatic carboxylic acids is 1. The van der Waals surface area contributed by atoms with Crippen molar-refractivity contribution >= 4 is 17.6 Å². The lowest BCUT2D eigenvalue weighted by atomic mass is 10.2. The van der Waals surface area contributed by atoms with Crippen LogP contribution in [0.25, 0.3) is 11.3 Å². The summed E-state index contributed by atoms with van der Waals surface area (Å²) >= 11 is 5.94. The van der Waals surface area contributed by atoms with E-state index in [9.17, 15) is 4.79 Å². The van der Waals surface area contributed by atoms with Crippen LogP contribution in [0.4, 0.5) is 0 Å². The minimum Gasteiger partial charge on any atom is -0.477 e. The monoisotopic (exact) mass is 237 g/mol. The Balaban J connectivity index is 2.54. The summed E-state index contributed by atoms with van der Waals surface area (Å²) in [4.78, 5) is 14.7. The molecule has 6 heteroatoms. The lowest BCUT2D eigenvalue weighted by molar-refractivity contribution is 0.0685. The quantitative estimate of drug-likeness (QED) is 0.865. The zero-order valence-electron chi connectivity index (χ0n) is 8.38. The summed E-state index contributed by atoms with van der Waals surface area (Å²) in [5, 5.41) is 13.4. The molecule has 0 fully saturated rings. The van der Waals surface area contributed by atoms with Gasteiger partial charge in [-0.3, -0.25) is 9.67 Å². The zero-order chi connectivity index (χ0) is 11.7. The number of hydrogen-bond donors (Lipinski definition) is 1. The number of aryl methyl sites for hydroxylation is 1. The number of carbonyl (C=O) groups is 1. The standard InChI is InChI=1S/C10H8ClN3O2/c1-14-9(10(15)16)4-8(13-14)6-2-3-12-5-7(6)11/h2-5H,1H3,(H,15,16). The summed E-state index contributed by atoms with van der Waals surface area (Å²) in [6, 6.07) is 3.17. The second-order valence-electron chi connectivity index (χ2n) is 3.20. The van der Waals surface area contributed by atoms with Crippen molar-refractivity contribution in [3.8, 4) is 11.3 Å². The molecule has 0 saturated heterocycles. The van der Waals surface area contributed by atoms with Crippen molar-refractivity contribution < 1.29 is 9.90 Å². The highest BCUT2D eigenvalue weighted by Gasteiger charge is 2.14. The first-order valence-electron chi connectivity index (χ1n) is 4.47. The minimum atomic E-state index is -1.02. The fraction of sp³-hybridized carbons (Fsp3) is 0.100. The van der Waals surface area contributed by atoms with Gasteiger partial charge in [0.15, 0.2) is 0 Å². The largest absolute Gasteiger partial charge is 0.477 e. The molecule has 0 aliphatic heterocycles. The first-order valence-corrected chi connectivity index (χ1v) is 4.84. The Labute approximate surface area is 96.3 Å². The first kappa shape index (κ1) is 10.6. The van der Waals surface area contributed by atoms with Crippen LogP contribution in [-0.4, -0.2) is 25.8 Å². The normalized spacial score (nSPS) is 10.4. The number of pyridine rings is 1. The average molecular weight is 238 g/mol. The highest BCUT2D eigenvalue weighted by atomic mass is 35.5. The van der Waals surface area contributed by atoms with Gasteiger partial charge in [-0.1, -0.05) is 11.6 Å². The van der Waals surface area contributed by atoms with Gasteiger partial charge in [0.2, 0.25) is 0 Å². The predicted octanol–water partition coefficient (Wildman–Crippen LogP) is 1.83. The summed E-state index contributed by atoms with van der Waals surface area (Å²) in [6.07, 6.45) is 3.07. The molecule has 0 radical (unpaired) electrons. The molecular formula is C10H8ClN3O2. The topological polar surface area (TPSA) is 68.0 Å². The maximum absolute atomic E-state index is 10.8. The average Bonchev–Trinajstić information content (AvgIpc) is 2.61. The molecule has 2 rings (SSSR count). The van der Waals surface area contributed by atoms with Crippen LogP contribution in [-0.2, 0) is 7.05 Å². The first-order chi connectivity index (χ1) is 7.59. The van der Waals surface area contributed by atoms with Crippen molar-refractivity contribution in [3.63, 3.8) is 0 Å². The molecule has 82 valence electrons. The summed E-state index contributed by atoms with van der Waals surface area (Å²) in [7, 11) is 1.57. The molecule has 0 saturated carbocycles. The second kappa shape index (κ2) is 3.94. The molecule has 2 heterocycles. The van der Waals surface area contributed by atoms with Gasteiger partial charge in [-0.15, -0.1) is 0 Å². The van der Waals surface area contributed by atoms with Crippen molar-refractivity contribution in [2.24, 2.45) is 7.05 Å². The molecule has 0 bridgehead atoms.